The normalized spacial score (nSPS) is 15.8. The van der Waals surface area contributed by atoms with Crippen molar-refractivity contribution in [1.29, 1.82) is 0 Å². The molecule has 0 bridgehead atoms. The molecule has 0 aliphatic heterocycles. The van der Waals surface area contributed by atoms with Gasteiger partial charge in [-0.1, -0.05) is 23.5 Å². The van der Waals surface area contributed by atoms with Gasteiger partial charge in [0.15, 0.2) is 0 Å². The number of benzene rings is 1. The Morgan fingerprint density at radius 1 is 1.29 bits per heavy atom. The van der Waals surface area contributed by atoms with Crippen LogP contribution in [0.4, 0.5) is 9.93 Å². The molecule has 0 spiro atoms. The van der Waals surface area contributed by atoms with E-state index >= 15 is 0 Å². The number of hydrogen-bond donors (Lipinski definition) is 3. The molecule has 1 aliphatic carbocycles. The zero-order valence-electron chi connectivity index (χ0n) is 12.9. The molecule has 10 heteroatoms. The lowest BCUT2D eigenvalue weighted by Crippen LogP contribution is -2.31. The number of nitrogens with zero attached hydrogens (tertiary/aromatic N) is 2. The minimum atomic E-state index is -3.72. The molecule has 1 aromatic heterocycles. The average Bonchev–Trinajstić information content (AvgIpc) is 3.27. The molecule has 4 N–H and O–H groups in total. The number of anilines is 1. The van der Waals surface area contributed by atoms with E-state index in [0.717, 1.165) is 23.4 Å². The Bertz CT molecular complexity index is 844. The van der Waals surface area contributed by atoms with Gasteiger partial charge in [-0.25, -0.2) is 18.4 Å². The number of sulfonamides is 1. The van der Waals surface area contributed by atoms with E-state index in [2.05, 4.69) is 20.8 Å². The molecule has 1 heterocycles. The van der Waals surface area contributed by atoms with Gasteiger partial charge < -0.3 is 5.32 Å². The van der Waals surface area contributed by atoms with Gasteiger partial charge in [-0.2, -0.15) is 0 Å². The van der Waals surface area contributed by atoms with Crippen LogP contribution in [0.1, 0.15) is 42.3 Å². The molecule has 1 atom stereocenters. The number of rotatable bonds is 5. The van der Waals surface area contributed by atoms with Crippen LogP contribution in [-0.4, -0.2) is 24.6 Å². The number of carbonyl (C=O) groups excluding carboxylic acids is 1. The largest absolute Gasteiger partial charge is 0.331 e. The fraction of sp³-hybridized carbons (Fsp3) is 0.357. The van der Waals surface area contributed by atoms with Crippen molar-refractivity contribution >= 4 is 32.5 Å². The van der Waals surface area contributed by atoms with Crippen molar-refractivity contribution in [3.8, 4) is 0 Å². The van der Waals surface area contributed by atoms with Gasteiger partial charge in [0.25, 0.3) is 0 Å². The minimum Gasteiger partial charge on any atom is -0.331 e. The highest BCUT2D eigenvalue weighted by atomic mass is 32.2. The fourth-order valence-corrected chi connectivity index (χ4v) is 3.56. The van der Waals surface area contributed by atoms with Gasteiger partial charge in [0.1, 0.15) is 5.01 Å². The Kier molecular flexibility index (Phi) is 4.52. The molecule has 0 saturated heterocycles. The van der Waals surface area contributed by atoms with E-state index in [1.807, 2.05) is 0 Å². The second-order valence-corrected chi connectivity index (χ2v) is 8.22. The second-order valence-electron chi connectivity index (χ2n) is 5.65. The lowest BCUT2D eigenvalue weighted by atomic mass is 10.1. The number of primary sulfonamides is 1. The van der Waals surface area contributed by atoms with Crippen LogP contribution in [-0.2, 0) is 10.0 Å². The zero-order valence-corrected chi connectivity index (χ0v) is 14.5. The number of hydrogen-bond acceptors (Lipinski definition) is 6. The van der Waals surface area contributed by atoms with Crippen molar-refractivity contribution in [2.24, 2.45) is 5.14 Å². The van der Waals surface area contributed by atoms with Gasteiger partial charge in [-0.15, -0.1) is 10.2 Å². The Hall–Kier alpha value is -2.04. The summed E-state index contributed by atoms with van der Waals surface area (Å²) in [6.45, 7) is 1.79. The topological polar surface area (TPSA) is 127 Å². The summed E-state index contributed by atoms with van der Waals surface area (Å²) in [6, 6.07) is 5.34. The van der Waals surface area contributed by atoms with Crippen molar-refractivity contribution < 1.29 is 13.2 Å². The number of carbonyl (C=O) groups is 1. The molecule has 1 aromatic carbocycles. The van der Waals surface area contributed by atoms with E-state index in [9.17, 15) is 13.2 Å². The van der Waals surface area contributed by atoms with Crippen molar-refractivity contribution in [3.63, 3.8) is 0 Å². The van der Waals surface area contributed by atoms with Crippen LogP contribution in [0.5, 0.6) is 0 Å². The Morgan fingerprint density at radius 3 is 2.54 bits per heavy atom. The van der Waals surface area contributed by atoms with Crippen molar-refractivity contribution in [1.82, 2.24) is 15.5 Å². The van der Waals surface area contributed by atoms with Crippen LogP contribution in [0.3, 0.4) is 0 Å². The van der Waals surface area contributed by atoms with Gasteiger partial charge >= 0.3 is 6.03 Å². The molecule has 1 aliphatic rings. The number of aromatic nitrogens is 2. The summed E-state index contributed by atoms with van der Waals surface area (Å²) < 4.78 is 22.5. The Labute approximate surface area is 143 Å². The molecule has 2 amide bonds. The predicted molar refractivity (Wildman–Crippen MR) is 90.3 cm³/mol. The SMILES string of the molecule is CC(NC(=O)Nc1nnc(C2CC2)s1)c1ccc(S(N)(=O)=O)cc1. The standard InChI is InChI=1S/C14H17N5O3S2/c1-8(9-4-6-11(7-5-9)24(15,21)22)16-13(20)17-14-19-18-12(23-14)10-2-3-10/h4-8,10H,2-3H2,1H3,(H2,15,21,22)(H2,16,17,19,20). The molecule has 0 radical (unpaired) electrons. The molecule has 1 unspecified atom stereocenters. The summed E-state index contributed by atoms with van der Waals surface area (Å²) in [5.41, 5.74) is 0.758. The van der Waals surface area contributed by atoms with Crippen molar-refractivity contribution in [2.45, 2.75) is 36.6 Å². The third kappa shape index (κ3) is 4.08. The van der Waals surface area contributed by atoms with E-state index in [0.29, 0.717) is 11.0 Å². The lowest BCUT2D eigenvalue weighted by molar-refractivity contribution is 0.249. The Morgan fingerprint density at radius 2 is 1.96 bits per heavy atom. The Balaban J connectivity index is 1.58. The number of urea groups is 1. The first-order valence-electron chi connectivity index (χ1n) is 7.36. The summed E-state index contributed by atoms with van der Waals surface area (Å²) in [7, 11) is -3.72. The highest BCUT2D eigenvalue weighted by Crippen LogP contribution is 2.42. The maximum atomic E-state index is 12.0. The van der Waals surface area contributed by atoms with Crippen LogP contribution in [0.25, 0.3) is 0 Å². The van der Waals surface area contributed by atoms with E-state index in [4.69, 9.17) is 5.14 Å². The molecular weight excluding hydrogens is 350 g/mol. The molecule has 3 rings (SSSR count). The third-order valence-corrected chi connectivity index (χ3v) is 5.57. The molecule has 1 saturated carbocycles. The van der Waals surface area contributed by atoms with E-state index in [-0.39, 0.29) is 10.9 Å². The smallest absolute Gasteiger partial charge is 0.321 e. The maximum absolute atomic E-state index is 12.0. The fourth-order valence-electron chi connectivity index (χ4n) is 2.14. The van der Waals surface area contributed by atoms with E-state index < -0.39 is 16.1 Å². The zero-order chi connectivity index (χ0) is 17.3. The molecule has 24 heavy (non-hydrogen) atoms. The van der Waals surface area contributed by atoms with Gasteiger partial charge in [0.05, 0.1) is 10.9 Å². The summed E-state index contributed by atoms with van der Waals surface area (Å²) >= 11 is 1.38. The predicted octanol–water partition coefficient (Wildman–Crippen LogP) is 1.95. The quantitative estimate of drug-likeness (QED) is 0.744. The summed E-state index contributed by atoms with van der Waals surface area (Å²) in [5, 5.41) is 19.9. The highest BCUT2D eigenvalue weighted by Gasteiger charge is 2.27. The number of nitrogens with one attached hydrogen (secondary N) is 2. The van der Waals surface area contributed by atoms with Gasteiger partial charge in [0.2, 0.25) is 15.2 Å². The lowest BCUT2D eigenvalue weighted by Gasteiger charge is -2.14. The first kappa shape index (κ1) is 16.8. The molecule has 128 valence electrons. The van der Waals surface area contributed by atoms with Crippen molar-refractivity contribution in [2.75, 3.05) is 5.32 Å². The summed E-state index contributed by atoms with van der Waals surface area (Å²) in [4.78, 5) is 12.0. The molecule has 2 aromatic rings. The van der Waals surface area contributed by atoms with Gasteiger partial charge in [-0.3, -0.25) is 5.32 Å². The third-order valence-electron chi connectivity index (χ3n) is 3.64. The van der Waals surface area contributed by atoms with Gasteiger partial charge in [-0.05, 0) is 37.5 Å². The van der Waals surface area contributed by atoms with Crippen LogP contribution >= 0.6 is 11.3 Å². The maximum Gasteiger partial charge on any atom is 0.321 e. The van der Waals surface area contributed by atoms with Crippen molar-refractivity contribution in [3.05, 3.63) is 34.8 Å². The number of amides is 2. The minimum absolute atomic E-state index is 0.0318. The van der Waals surface area contributed by atoms with E-state index in [1.54, 1.807) is 19.1 Å². The first-order valence-corrected chi connectivity index (χ1v) is 9.73. The molecular formula is C14H17N5O3S2. The number of nitrogens with two attached hydrogens (primary N) is 1. The van der Waals surface area contributed by atoms with Crippen LogP contribution in [0.15, 0.2) is 29.2 Å². The summed E-state index contributed by atoms with van der Waals surface area (Å²) in [6.07, 6.45) is 2.26. The van der Waals surface area contributed by atoms with E-state index in [1.165, 1.54) is 23.5 Å². The van der Waals surface area contributed by atoms with Gasteiger partial charge in [0, 0.05) is 5.92 Å². The average molecular weight is 367 g/mol. The molecule has 1 fully saturated rings. The van der Waals surface area contributed by atoms with Crippen LogP contribution in [0.2, 0.25) is 0 Å². The second kappa shape index (κ2) is 6.46. The monoisotopic (exact) mass is 367 g/mol. The summed E-state index contributed by atoms with van der Waals surface area (Å²) in [5.74, 6) is 0.498. The van der Waals surface area contributed by atoms with Crippen LogP contribution in [0, 0.1) is 0 Å². The van der Waals surface area contributed by atoms with Crippen LogP contribution < -0.4 is 15.8 Å². The first-order chi connectivity index (χ1) is 11.3. The molecule has 8 nitrogen and oxygen atoms in total. The highest BCUT2D eigenvalue weighted by molar-refractivity contribution is 7.89.